The SMILES string of the molecule is NN(c1ccccc1)c1ccc(N(c2ccccc2)c2ccccc2)cc1. The Bertz CT molecular complexity index is 929. The van der Waals surface area contributed by atoms with Crippen LogP contribution >= 0.6 is 0 Å². The second-order valence-electron chi connectivity index (χ2n) is 6.23. The molecule has 0 heterocycles. The van der Waals surface area contributed by atoms with Gasteiger partial charge in [-0.1, -0.05) is 54.6 Å². The molecule has 0 aromatic heterocycles. The van der Waals surface area contributed by atoms with E-state index in [9.17, 15) is 0 Å². The molecule has 0 aliphatic heterocycles. The van der Waals surface area contributed by atoms with Crippen molar-refractivity contribution in [3.63, 3.8) is 0 Å². The summed E-state index contributed by atoms with van der Waals surface area (Å²) in [6, 6.07) is 38.9. The summed E-state index contributed by atoms with van der Waals surface area (Å²) in [5.74, 6) is 6.28. The predicted molar refractivity (Wildman–Crippen MR) is 114 cm³/mol. The van der Waals surface area contributed by atoms with Crippen LogP contribution in [0.1, 0.15) is 0 Å². The van der Waals surface area contributed by atoms with Crippen molar-refractivity contribution in [2.75, 3.05) is 9.91 Å². The zero-order valence-corrected chi connectivity index (χ0v) is 14.9. The number of anilines is 5. The highest BCUT2D eigenvalue weighted by Crippen LogP contribution is 2.35. The lowest BCUT2D eigenvalue weighted by Crippen LogP contribution is -2.24. The molecule has 4 rings (SSSR count). The lowest BCUT2D eigenvalue weighted by atomic mass is 10.2. The number of benzene rings is 4. The first-order chi connectivity index (χ1) is 13.3. The summed E-state index contributed by atoms with van der Waals surface area (Å²) in [6.45, 7) is 0. The Labute approximate surface area is 159 Å². The molecule has 0 aliphatic rings. The van der Waals surface area contributed by atoms with Crippen LogP contribution in [0.25, 0.3) is 0 Å². The Hall–Kier alpha value is -3.56. The summed E-state index contributed by atoms with van der Waals surface area (Å²) in [6.07, 6.45) is 0. The molecule has 4 aromatic rings. The van der Waals surface area contributed by atoms with Gasteiger partial charge in [0.05, 0.1) is 11.4 Å². The van der Waals surface area contributed by atoms with Crippen LogP contribution in [-0.4, -0.2) is 0 Å². The Kier molecular flexibility index (Phi) is 4.86. The lowest BCUT2D eigenvalue weighted by molar-refractivity contribution is 1.09. The Morgan fingerprint density at radius 2 is 0.667 bits per heavy atom. The maximum absolute atomic E-state index is 6.28. The van der Waals surface area contributed by atoms with Crippen LogP contribution in [0, 0.1) is 0 Å². The van der Waals surface area contributed by atoms with Gasteiger partial charge in [0.25, 0.3) is 0 Å². The van der Waals surface area contributed by atoms with E-state index in [0.29, 0.717) is 0 Å². The predicted octanol–water partition coefficient (Wildman–Crippen LogP) is 6.17. The van der Waals surface area contributed by atoms with Crippen molar-refractivity contribution in [1.29, 1.82) is 0 Å². The van der Waals surface area contributed by atoms with Crippen molar-refractivity contribution < 1.29 is 0 Å². The molecule has 3 nitrogen and oxygen atoms in total. The first-order valence-electron chi connectivity index (χ1n) is 8.93. The fourth-order valence-electron chi connectivity index (χ4n) is 3.10. The van der Waals surface area contributed by atoms with Crippen molar-refractivity contribution in [2.24, 2.45) is 5.84 Å². The van der Waals surface area contributed by atoms with Crippen LogP contribution in [0.2, 0.25) is 0 Å². The summed E-state index contributed by atoms with van der Waals surface area (Å²) in [4.78, 5) is 2.23. The molecule has 0 radical (unpaired) electrons. The molecule has 0 spiro atoms. The molecule has 27 heavy (non-hydrogen) atoms. The van der Waals surface area contributed by atoms with Gasteiger partial charge in [-0.3, -0.25) is 5.01 Å². The van der Waals surface area contributed by atoms with Gasteiger partial charge in [-0.25, -0.2) is 5.84 Å². The van der Waals surface area contributed by atoms with Gasteiger partial charge in [-0.05, 0) is 60.7 Å². The summed E-state index contributed by atoms with van der Waals surface area (Å²) >= 11 is 0. The molecule has 2 N–H and O–H groups in total. The van der Waals surface area contributed by atoms with Gasteiger partial charge in [0.15, 0.2) is 0 Å². The van der Waals surface area contributed by atoms with E-state index in [4.69, 9.17) is 5.84 Å². The van der Waals surface area contributed by atoms with Crippen LogP contribution in [0.15, 0.2) is 115 Å². The molecule has 132 valence electrons. The summed E-state index contributed by atoms with van der Waals surface area (Å²) in [7, 11) is 0. The zero-order valence-electron chi connectivity index (χ0n) is 14.9. The van der Waals surface area contributed by atoms with Crippen LogP contribution in [0.4, 0.5) is 28.4 Å². The van der Waals surface area contributed by atoms with Gasteiger partial charge in [0.1, 0.15) is 0 Å². The van der Waals surface area contributed by atoms with Gasteiger partial charge in [0, 0.05) is 17.1 Å². The van der Waals surface area contributed by atoms with E-state index in [1.807, 2.05) is 54.6 Å². The first kappa shape index (κ1) is 16.9. The molecule has 0 saturated heterocycles. The molecular formula is C24H21N3. The van der Waals surface area contributed by atoms with E-state index in [2.05, 4.69) is 65.6 Å². The quantitative estimate of drug-likeness (QED) is 0.345. The van der Waals surface area contributed by atoms with Crippen LogP contribution < -0.4 is 15.8 Å². The number of hydrogen-bond donors (Lipinski definition) is 1. The number of hydrazine groups is 1. The molecule has 0 atom stereocenters. The minimum Gasteiger partial charge on any atom is -0.311 e. The second kappa shape index (κ2) is 7.77. The zero-order chi connectivity index (χ0) is 18.5. The lowest BCUT2D eigenvalue weighted by Gasteiger charge is -2.26. The molecule has 0 aliphatic carbocycles. The number of rotatable bonds is 5. The molecule has 0 amide bonds. The standard InChI is InChI=1S/C24H21N3/c25-27(23-14-8-3-9-15-23)24-18-16-22(17-19-24)26(20-10-4-1-5-11-20)21-12-6-2-7-13-21/h1-19H,25H2. The summed E-state index contributed by atoms with van der Waals surface area (Å²) in [5, 5.41) is 1.69. The van der Waals surface area contributed by atoms with E-state index in [1.54, 1.807) is 5.01 Å². The maximum Gasteiger partial charge on any atom is 0.0576 e. The van der Waals surface area contributed by atoms with Crippen LogP contribution in [0.3, 0.4) is 0 Å². The fourth-order valence-corrected chi connectivity index (χ4v) is 3.10. The number of nitrogens with zero attached hydrogens (tertiary/aromatic N) is 2. The number of nitrogens with two attached hydrogens (primary N) is 1. The highest BCUT2D eigenvalue weighted by Gasteiger charge is 2.12. The highest BCUT2D eigenvalue weighted by molar-refractivity contribution is 5.77. The average Bonchev–Trinajstić information content (AvgIpc) is 2.76. The highest BCUT2D eigenvalue weighted by atomic mass is 15.4. The van der Waals surface area contributed by atoms with Gasteiger partial charge >= 0.3 is 0 Å². The van der Waals surface area contributed by atoms with E-state index in [0.717, 1.165) is 28.4 Å². The molecular weight excluding hydrogens is 330 g/mol. The molecule has 4 aromatic carbocycles. The van der Waals surface area contributed by atoms with E-state index in [1.165, 1.54) is 0 Å². The molecule has 0 bridgehead atoms. The second-order valence-corrected chi connectivity index (χ2v) is 6.23. The van der Waals surface area contributed by atoms with E-state index >= 15 is 0 Å². The topological polar surface area (TPSA) is 32.5 Å². The molecule has 3 heteroatoms. The minimum atomic E-state index is 0.936. The largest absolute Gasteiger partial charge is 0.311 e. The van der Waals surface area contributed by atoms with Crippen molar-refractivity contribution in [2.45, 2.75) is 0 Å². The maximum atomic E-state index is 6.28. The van der Waals surface area contributed by atoms with E-state index < -0.39 is 0 Å². The van der Waals surface area contributed by atoms with Crippen molar-refractivity contribution in [3.05, 3.63) is 115 Å². The van der Waals surface area contributed by atoms with Gasteiger partial charge in [-0.2, -0.15) is 0 Å². The minimum absolute atomic E-state index is 0.936. The number of para-hydroxylation sites is 3. The third-order valence-corrected chi connectivity index (χ3v) is 4.45. The third-order valence-electron chi connectivity index (χ3n) is 4.45. The smallest absolute Gasteiger partial charge is 0.0576 e. The van der Waals surface area contributed by atoms with Crippen molar-refractivity contribution >= 4 is 28.4 Å². The molecule has 0 fully saturated rings. The Morgan fingerprint density at radius 3 is 1.11 bits per heavy atom. The summed E-state index contributed by atoms with van der Waals surface area (Å²) in [5.41, 5.74) is 5.20. The monoisotopic (exact) mass is 351 g/mol. The van der Waals surface area contributed by atoms with Gasteiger partial charge < -0.3 is 4.90 Å². The van der Waals surface area contributed by atoms with Crippen LogP contribution in [0.5, 0.6) is 0 Å². The average molecular weight is 351 g/mol. The third kappa shape index (κ3) is 3.68. The van der Waals surface area contributed by atoms with Crippen LogP contribution in [-0.2, 0) is 0 Å². The van der Waals surface area contributed by atoms with E-state index in [-0.39, 0.29) is 0 Å². The Balaban J connectivity index is 1.69. The number of hydrogen-bond acceptors (Lipinski definition) is 3. The van der Waals surface area contributed by atoms with Gasteiger partial charge in [-0.15, -0.1) is 0 Å². The van der Waals surface area contributed by atoms with Crippen molar-refractivity contribution in [3.8, 4) is 0 Å². The van der Waals surface area contributed by atoms with Gasteiger partial charge in [0.2, 0.25) is 0 Å². The van der Waals surface area contributed by atoms with Crippen molar-refractivity contribution in [1.82, 2.24) is 0 Å². The normalized spacial score (nSPS) is 10.4. The fraction of sp³-hybridized carbons (Fsp3) is 0. The first-order valence-corrected chi connectivity index (χ1v) is 8.93. The summed E-state index contributed by atoms with van der Waals surface area (Å²) < 4.78 is 0. The molecule has 0 unspecified atom stereocenters. The Morgan fingerprint density at radius 1 is 0.370 bits per heavy atom. The molecule has 0 saturated carbocycles.